The number of aromatic amines is 2. The topological polar surface area (TPSA) is 40.8 Å². The molecule has 0 spiro atoms. The van der Waals surface area contributed by atoms with E-state index in [9.17, 15) is 0 Å². The molecule has 0 atom stereocenters. The average Bonchev–Trinajstić information content (AvgIpc) is 2.67. The minimum absolute atomic E-state index is 0.153. The lowest BCUT2D eigenvalue weighted by Crippen LogP contribution is -2.40. The molecule has 0 aliphatic carbocycles. The highest BCUT2D eigenvalue weighted by Crippen LogP contribution is 2.37. The van der Waals surface area contributed by atoms with Crippen molar-refractivity contribution in [2.75, 3.05) is 0 Å². The maximum absolute atomic E-state index is 6.28. The van der Waals surface area contributed by atoms with E-state index >= 15 is 0 Å². The van der Waals surface area contributed by atoms with E-state index in [0.717, 1.165) is 11.4 Å². The third-order valence-corrected chi connectivity index (χ3v) is 9.03. The molecule has 0 saturated carbocycles. The number of hydrogen-bond acceptors (Lipinski definition) is 2. The molecule has 0 unspecified atom stereocenters. The summed E-state index contributed by atoms with van der Waals surface area (Å²) in [6.07, 6.45) is 1.93. The minimum Gasteiger partial charge on any atom is -0.411 e. The lowest BCUT2D eigenvalue weighted by Gasteiger charge is -2.36. The maximum atomic E-state index is 6.28. The van der Waals surface area contributed by atoms with Crippen molar-refractivity contribution in [1.29, 1.82) is 0 Å². The van der Waals surface area contributed by atoms with E-state index < -0.39 is 8.32 Å². The first-order chi connectivity index (χ1) is 8.90. The molecule has 0 amide bonds. The first-order valence-electron chi connectivity index (χ1n) is 7.00. The van der Waals surface area contributed by atoms with Crippen molar-refractivity contribution in [3.8, 4) is 0 Å². The molecule has 1 rings (SSSR count). The molecule has 0 radical (unpaired) electrons. The maximum Gasteiger partial charge on any atom is 0.192 e. The fourth-order valence-electron chi connectivity index (χ4n) is 1.65. The Balaban J connectivity index is 3.01. The third-order valence-electron chi connectivity index (χ3n) is 4.34. The van der Waals surface area contributed by atoms with Crippen LogP contribution in [0.2, 0.25) is 18.1 Å². The van der Waals surface area contributed by atoms with Crippen LogP contribution in [0.15, 0.2) is 12.7 Å². The molecule has 1 aromatic heterocycles. The third kappa shape index (κ3) is 3.71. The molecule has 3 nitrogen and oxygen atoms in total. The average molecular weight is 313 g/mol. The Morgan fingerprint density at radius 2 is 1.75 bits per heavy atom. The van der Waals surface area contributed by atoms with Crippen molar-refractivity contribution < 1.29 is 4.43 Å². The summed E-state index contributed by atoms with van der Waals surface area (Å²) in [5.41, 5.74) is 1.94. The number of rotatable bonds is 5. The van der Waals surface area contributed by atoms with E-state index in [1.807, 2.05) is 6.08 Å². The molecule has 0 bridgehead atoms. The van der Waals surface area contributed by atoms with E-state index in [4.69, 9.17) is 16.6 Å². The Kier molecular flexibility index (Phi) is 4.89. The first kappa shape index (κ1) is 17.4. The van der Waals surface area contributed by atoms with Crippen LogP contribution in [0, 0.1) is 4.77 Å². The van der Waals surface area contributed by atoms with Crippen LogP contribution < -0.4 is 0 Å². The Morgan fingerprint density at radius 1 is 1.20 bits per heavy atom. The minimum atomic E-state index is -1.76. The van der Waals surface area contributed by atoms with Gasteiger partial charge in [-0.3, -0.25) is 0 Å². The summed E-state index contributed by atoms with van der Waals surface area (Å²) >= 11 is 5.23. The van der Waals surface area contributed by atoms with Gasteiger partial charge in [-0.2, -0.15) is 0 Å². The fraction of sp³-hybridized carbons (Fsp3) is 0.667. The van der Waals surface area contributed by atoms with E-state index in [-0.39, 0.29) is 10.5 Å². The van der Waals surface area contributed by atoms with Crippen molar-refractivity contribution >= 4 is 20.5 Å². The van der Waals surface area contributed by atoms with E-state index in [1.54, 1.807) is 0 Å². The molecule has 1 aromatic rings. The standard InChI is InChI=1S/C15H28N2OSSi/c1-9-15(5,6)12-11(16-13(19)17-12)10-18-20(7,8)14(2,3)4/h9H,1,10H2,2-8H3,(H2,16,17,19). The molecule has 114 valence electrons. The van der Waals surface area contributed by atoms with Gasteiger partial charge in [-0.25, -0.2) is 0 Å². The Labute approximate surface area is 129 Å². The van der Waals surface area contributed by atoms with Gasteiger partial charge in [-0.1, -0.05) is 40.7 Å². The summed E-state index contributed by atoms with van der Waals surface area (Å²) in [4.78, 5) is 6.45. The number of imidazole rings is 1. The number of hydrogen-bond donors (Lipinski definition) is 2. The lowest BCUT2D eigenvalue weighted by molar-refractivity contribution is 0.270. The largest absolute Gasteiger partial charge is 0.411 e. The molecule has 0 aromatic carbocycles. The number of H-pyrrole nitrogens is 2. The molecule has 0 aliphatic rings. The van der Waals surface area contributed by atoms with Gasteiger partial charge in [-0.05, 0) is 30.4 Å². The quantitative estimate of drug-likeness (QED) is 0.453. The van der Waals surface area contributed by atoms with Gasteiger partial charge in [0, 0.05) is 11.1 Å². The van der Waals surface area contributed by atoms with Crippen molar-refractivity contribution in [1.82, 2.24) is 9.97 Å². The molecule has 5 heteroatoms. The van der Waals surface area contributed by atoms with Gasteiger partial charge in [0.05, 0.1) is 12.3 Å². The molecule has 0 saturated heterocycles. The molecular weight excluding hydrogens is 284 g/mol. The number of allylic oxidation sites excluding steroid dienone is 1. The van der Waals surface area contributed by atoms with Crippen LogP contribution in [-0.2, 0) is 16.4 Å². The highest BCUT2D eigenvalue weighted by Gasteiger charge is 2.37. The first-order valence-corrected chi connectivity index (χ1v) is 10.3. The summed E-state index contributed by atoms with van der Waals surface area (Å²) in [6.45, 7) is 19.9. The zero-order chi connectivity index (χ0) is 15.8. The summed E-state index contributed by atoms with van der Waals surface area (Å²) in [7, 11) is -1.76. The molecule has 0 fully saturated rings. The normalized spacial score (nSPS) is 13.6. The molecule has 1 heterocycles. The highest BCUT2D eigenvalue weighted by molar-refractivity contribution is 7.71. The van der Waals surface area contributed by atoms with Crippen molar-refractivity contribution in [2.45, 2.75) is 64.8 Å². The van der Waals surface area contributed by atoms with Crippen LogP contribution in [0.4, 0.5) is 0 Å². The second-order valence-corrected chi connectivity index (χ2v) is 12.6. The smallest absolute Gasteiger partial charge is 0.192 e. The van der Waals surface area contributed by atoms with E-state index in [0.29, 0.717) is 11.4 Å². The van der Waals surface area contributed by atoms with Gasteiger partial charge in [0.1, 0.15) is 0 Å². The van der Waals surface area contributed by atoms with E-state index in [1.165, 1.54) is 0 Å². The fourth-order valence-corrected chi connectivity index (χ4v) is 2.81. The zero-order valence-corrected chi connectivity index (χ0v) is 15.6. The summed E-state index contributed by atoms with van der Waals surface area (Å²) < 4.78 is 6.92. The number of nitrogens with one attached hydrogen (secondary N) is 2. The Hall–Kier alpha value is -0.653. The van der Waals surface area contributed by atoms with Crippen LogP contribution in [0.5, 0.6) is 0 Å². The molecular formula is C15H28N2OSSi. The van der Waals surface area contributed by atoms with Gasteiger partial charge in [0.2, 0.25) is 0 Å². The predicted molar refractivity (Wildman–Crippen MR) is 91.2 cm³/mol. The molecule has 2 N–H and O–H groups in total. The zero-order valence-electron chi connectivity index (χ0n) is 13.8. The summed E-state index contributed by atoms with van der Waals surface area (Å²) in [5.74, 6) is 0. The van der Waals surface area contributed by atoms with Crippen molar-refractivity contribution in [2.24, 2.45) is 0 Å². The van der Waals surface area contributed by atoms with Crippen LogP contribution in [0.3, 0.4) is 0 Å². The second-order valence-electron chi connectivity index (χ2n) is 7.41. The summed E-state index contributed by atoms with van der Waals surface area (Å²) in [5, 5.41) is 0.203. The molecule has 0 aliphatic heterocycles. The monoisotopic (exact) mass is 312 g/mol. The van der Waals surface area contributed by atoms with Crippen LogP contribution >= 0.6 is 12.2 Å². The van der Waals surface area contributed by atoms with Crippen LogP contribution in [-0.4, -0.2) is 18.3 Å². The highest BCUT2D eigenvalue weighted by atomic mass is 32.1. The van der Waals surface area contributed by atoms with Gasteiger partial charge < -0.3 is 14.4 Å². The van der Waals surface area contributed by atoms with Gasteiger partial charge in [0.25, 0.3) is 0 Å². The second kappa shape index (κ2) is 5.62. The number of aromatic nitrogens is 2. The predicted octanol–water partition coefficient (Wildman–Crippen LogP) is 5.06. The lowest BCUT2D eigenvalue weighted by atomic mass is 9.88. The SMILES string of the molecule is C=CC(C)(C)c1[nH]c(=S)[nH]c1CO[Si](C)(C)C(C)(C)C. The van der Waals surface area contributed by atoms with Crippen LogP contribution in [0.1, 0.15) is 46.0 Å². The molecule has 20 heavy (non-hydrogen) atoms. The Morgan fingerprint density at radius 3 is 2.20 bits per heavy atom. The van der Waals surface area contributed by atoms with Gasteiger partial charge in [0.15, 0.2) is 13.1 Å². The van der Waals surface area contributed by atoms with Gasteiger partial charge in [-0.15, -0.1) is 6.58 Å². The Bertz CT molecular complexity index is 535. The van der Waals surface area contributed by atoms with Crippen LogP contribution in [0.25, 0.3) is 0 Å². The van der Waals surface area contributed by atoms with Gasteiger partial charge >= 0.3 is 0 Å². The summed E-state index contributed by atoms with van der Waals surface area (Å²) in [6, 6.07) is 0. The van der Waals surface area contributed by atoms with Crippen molar-refractivity contribution in [3.05, 3.63) is 28.8 Å². The van der Waals surface area contributed by atoms with Crippen molar-refractivity contribution in [3.63, 3.8) is 0 Å². The van der Waals surface area contributed by atoms with E-state index in [2.05, 4.69) is 64.3 Å².